The lowest BCUT2D eigenvalue weighted by atomic mass is 10.0. The summed E-state index contributed by atoms with van der Waals surface area (Å²) < 4.78 is 5.18. The Balaban J connectivity index is 1.79. The second-order valence-electron chi connectivity index (χ2n) is 6.68. The molecule has 0 aliphatic rings. The average molecular weight is 397 g/mol. The lowest BCUT2D eigenvalue weighted by Crippen LogP contribution is -2.43. The van der Waals surface area contributed by atoms with E-state index in [-0.39, 0.29) is 35.5 Å². The molecule has 0 aliphatic carbocycles. The molecule has 2 aromatic carbocycles. The van der Waals surface area contributed by atoms with Gasteiger partial charge < -0.3 is 25.1 Å². The summed E-state index contributed by atoms with van der Waals surface area (Å²) in [6, 6.07) is 9.12. The van der Waals surface area contributed by atoms with Crippen molar-refractivity contribution in [1.82, 2.24) is 5.32 Å². The molecule has 0 bridgehead atoms. The number of aromatic hydroxyl groups is 2. The molecule has 29 heavy (non-hydrogen) atoms. The third-order valence-corrected chi connectivity index (χ3v) is 4.62. The molecule has 0 aliphatic heterocycles. The molecule has 150 valence electrons. The molecule has 1 unspecified atom stereocenters. The van der Waals surface area contributed by atoms with Crippen LogP contribution in [0.15, 0.2) is 51.7 Å². The molecule has 1 amide bonds. The summed E-state index contributed by atoms with van der Waals surface area (Å²) in [4.78, 5) is 36.2. The maximum Gasteiger partial charge on any atom is 0.340 e. The molecule has 0 fully saturated rings. The zero-order chi connectivity index (χ0) is 21.1. The Morgan fingerprint density at radius 1 is 1.07 bits per heavy atom. The monoisotopic (exact) mass is 397 g/mol. The number of carboxylic acid groups (broad SMARTS) is 1. The number of hydrogen-bond donors (Lipinski definition) is 4. The van der Waals surface area contributed by atoms with E-state index in [0.29, 0.717) is 16.5 Å². The van der Waals surface area contributed by atoms with Crippen LogP contribution in [0.5, 0.6) is 11.5 Å². The number of nitrogens with one attached hydrogen (secondary N) is 1. The number of carbonyl (C=O) groups excluding carboxylic acids is 1. The van der Waals surface area contributed by atoms with Crippen molar-refractivity contribution in [3.8, 4) is 11.5 Å². The van der Waals surface area contributed by atoms with Crippen molar-refractivity contribution < 1.29 is 29.3 Å². The van der Waals surface area contributed by atoms with E-state index in [1.807, 2.05) is 0 Å². The molecule has 3 rings (SSSR count). The second-order valence-corrected chi connectivity index (χ2v) is 6.68. The van der Waals surface area contributed by atoms with Gasteiger partial charge in [-0.05, 0) is 42.3 Å². The highest BCUT2D eigenvalue weighted by Gasteiger charge is 2.22. The molecule has 8 nitrogen and oxygen atoms in total. The lowest BCUT2D eigenvalue weighted by Gasteiger charge is -2.15. The summed E-state index contributed by atoms with van der Waals surface area (Å²) in [5.74, 6) is -1.85. The van der Waals surface area contributed by atoms with Crippen LogP contribution in [-0.2, 0) is 22.4 Å². The molecule has 0 saturated heterocycles. The van der Waals surface area contributed by atoms with Crippen LogP contribution in [0.25, 0.3) is 11.0 Å². The molecular formula is C21H19NO7. The quantitative estimate of drug-likeness (QED) is 0.466. The predicted octanol–water partition coefficient (Wildman–Crippen LogP) is 1.87. The SMILES string of the molecule is Cc1c(CC(=O)NC(Cc2ccc(O)cc2)C(=O)O)c(=O)oc2cc(O)ccc12. The third-order valence-electron chi connectivity index (χ3n) is 4.62. The van der Waals surface area contributed by atoms with Gasteiger partial charge >= 0.3 is 11.6 Å². The van der Waals surface area contributed by atoms with Crippen molar-refractivity contribution >= 4 is 22.8 Å². The molecule has 0 saturated carbocycles. The standard InChI is InChI=1S/C21H19NO7/c1-11-15-7-6-14(24)9-18(15)29-21(28)16(11)10-19(25)22-17(20(26)27)8-12-2-4-13(23)5-3-12/h2-7,9,17,23-24H,8,10H2,1H3,(H,22,25)(H,26,27). The number of aryl methyl sites for hydroxylation is 1. The number of amides is 1. The van der Waals surface area contributed by atoms with Gasteiger partial charge in [-0.15, -0.1) is 0 Å². The molecule has 0 spiro atoms. The summed E-state index contributed by atoms with van der Waals surface area (Å²) in [6.45, 7) is 1.66. The van der Waals surface area contributed by atoms with Crippen LogP contribution >= 0.6 is 0 Å². The number of phenols is 2. The highest BCUT2D eigenvalue weighted by Crippen LogP contribution is 2.23. The summed E-state index contributed by atoms with van der Waals surface area (Å²) in [5, 5.41) is 31.2. The highest BCUT2D eigenvalue weighted by atomic mass is 16.4. The van der Waals surface area contributed by atoms with Crippen LogP contribution in [0.2, 0.25) is 0 Å². The third kappa shape index (κ3) is 4.55. The molecule has 3 aromatic rings. The van der Waals surface area contributed by atoms with Crippen LogP contribution in [-0.4, -0.2) is 33.2 Å². The molecule has 8 heteroatoms. The van der Waals surface area contributed by atoms with E-state index in [1.165, 1.54) is 24.3 Å². The number of fused-ring (bicyclic) bond motifs is 1. The van der Waals surface area contributed by atoms with E-state index >= 15 is 0 Å². The minimum absolute atomic E-state index is 0.0198. The first kappa shape index (κ1) is 19.9. The van der Waals surface area contributed by atoms with Crippen LogP contribution in [0.4, 0.5) is 0 Å². The summed E-state index contributed by atoms with van der Waals surface area (Å²) in [7, 11) is 0. The maximum atomic E-state index is 12.4. The van der Waals surface area contributed by atoms with Gasteiger partial charge in [0.05, 0.1) is 12.0 Å². The summed E-state index contributed by atoms with van der Waals surface area (Å²) in [6.07, 6.45) is -0.323. The Hall–Kier alpha value is -3.81. The normalized spacial score (nSPS) is 11.9. The van der Waals surface area contributed by atoms with E-state index < -0.39 is 23.5 Å². The van der Waals surface area contributed by atoms with Gasteiger partial charge in [0, 0.05) is 17.9 Å². The van der Waals surface area contributed by atoms with Crippen molar-refractivity contribution in [3.05, 3.63) is 69.6 Å². The van der Waals surface area contributed by atoms with Crippen LogP contribution in [0, 0.1) is 6.92 Å². The Labute approximate surface area is 165 Å². The second kappa shape index (κ2) is 8.05. The van der Waals surface area contributed by atoms with Gasteiger partial charge in [-0.25, -0.2) is 9.59 Å². The Kier molecular flexibility index (Phi) is 5.54. The molecule has 1 aromatic heterocycles. The molecule has 1 atom stereocenters. The minimum atomic E-state index is -1.22. The Morgan fingerprint density at radius 3 is 2.38 bits per heavy atom. The van der Waals surface area contributed by atoms with Crippen molar-refractivity contribution in [1.29, 1.82) is 0 Å². The van der Waals surface area contributed by atoms with Crippen molar-refractivity contribution in [2.45, 2.75) is 25.8 Å². The van der Waals surface area contributed by atoms with Crippen molar-refractivity contribution in [3.63, 3.8) is 0 Å². The van der Waals surface area contributed by atoms with Crippen LogP contribution in [0.1, 0.15) is 16.7 Å². The van der Waals surface area contributed by atoms with Gasteiger partial charge in [0.2, 0.25) is 5.91 Å². The number of rotatable bonds is 6. The van der Waals surface area contributed by atoms with Crippen LogP contribution < -0.4 is 10.9 Å². The average Bonchev–Trinajstić information content (AvgIpc) is 2.66. The van der Waals surface area contributed by atoms with E-state index in [1.54, 1.807) is 25.1 Å². The number of hydrogen-bond acceptors (Lipinski definition) is 6. The van der Waals surface area contributed by atoms with E-state index in [9.17, 15) is 29.7 Å². The fourth-order valence-corrected chi connectivity index (χ4v) is 3.06. The summed E-state index contributed by atoms with van der Waals surface area (Å²) in [5.41, 5.74) is 0.747. The van der Waals surface area contributed by atoms with Crippen molar-refractivity contribution in [2.24, 2.45) is 0 Å². The number of aliphatic carboxylic acids is 1. The predicted molar refractivity (Wildman–Crippen MR) is 104 cm³/mol. The van der Waals surface area contributed by atoms with Gasteiger partial charge in [-0.1, -0.05) is 12.1 Å². The first-order valence-corrected chi connectivity index (χ1v) is 8.80. The fraction of sp³-hybridized carbons (Fsp3) is 0.190. The van der Waals surface area contributed by atoms with E-state index in [4.69, 9.17) is 4.42 Å². The number of benzene rings is 2. The van der Waals surface area contributed by atoms with E-state index in [2.05, 4.69) is 5.32 Å². The number of carbonyl (C=O) groups is 2. The first-order chi connectivity index (χ1) is 13.7. The van der Waals surface area contributed by atoms with Gasteiger partial charge in [0.25, 0.3) is 0 Å². The zero-order valence-electron chi connectivity index (χ0n) is 15.5. The zero-order valence-corrected chi connectivity index (χ0v) is 15.5. The largest absolute Gasteiger partial charge is 0.508 e. The molecule has 0 radical (unpaired) electrons. The number of phenolic OH excluding ortho intramolecular Hbond substituents is 2. The van der Waals surface area contributed by atoms with Gasteiger partial charge in [0.15, 0.2) is 0 Å². The van der Waals surface area contributed by atoms with Gasteiger partial charge in [0.1, 0.15) is 23.1 Å². The number of carboxylic acids is 1. The first-order valence-electron chi connectivity index (χ1n) is 8.80. The highest BCUT2D eigenvalue weighted by molar-refractivity contribution is 5.87. The van der Waals surface area contributed by atoms with Crippen LogP contribution in [0.3, 0.4) is 0 Å². The summed E-state index contributed by atoms with van der Waals surface area (Å²) >= 11 is 0. The smallest absolute Gasteiger partial charge is 0.340 e. The Morgan fingerprint density at radius 2 is 1.72 bits per heavy atom. The molecular weight excluding hydrogens is 378 g/mol. The molecule has 1 heterocycles. The maximum absolute atomic E-state index is 12.4. The topological polar surface area (TPSA) is 137 Å². The van der Waals surface area contributed by atoms with Crippen molar-refractivity contribution in [2.75, 3.05) is 0 Å². The minimum Gasteiger partial charge on any atom is -0.508 e. The molecule has 4 N–H and O–H groups in total. The van der Waals surface area contributed by atoms with Gasteiger partial charge in [-0.2, -0.15) is 0 Å². The Bertz CT molecular complexity index is 1130. The van der Waals surface area contributed by atoms with E-state index in [0.717, 1.165) is 0 Å². The fourth-order valence-electron chi connectivity index (χ4n) is 3.06. The van der Waals surface area contributed by atoms with Gasteiger partial charge in [-0.3, -0.25) is 4.79 Å². The lowest BCUT2D eigenvalue weighted by molar-refractivity contribution is -0.141.